The predicted molar refractivity (Wildman–Crippen MR) is 49.7 cm³/mol. The Morgan fingerprint density at radius 3 is 2.64 bits per heavy atom. The Balaban J connectivity index is 2.59. The molecule has 0 saturated carbocycles. The van der Waals surface area contributed by atoms with E-state index in [1.54, 1.807) is 36.9 Å². The molecule has 1 unspecified atom stereocenters. The first kappa shape index (κ1) is 9.01. The van der Waals surface area contributed by atoms with Crippen molar-refractivity contribution in [1.82, 2.24) is 14.5 Å². The smallest absolute Gasteiger partial charge is 0.279 e. The van der Waals surface area contributed by atoms with Gasteiger partial charge in [-0.25, -0.2) is 4.98 Å². The van der Waals surface area contributed by atoms with Crippen molar-refractivity contribution in [3.8, 4) is 0 Å². The summed E-state index contributed by atoms with van der Waals surface area (Å²) in [7, 11) is 5.04. The summed E-state index contributed by atoms with van der Waals surface area (Å²) >= 11 is 0. The van der Waals surface area contributed by atoms with Crippen LogP contribution in [0.4, 0.5) is 5.82 Å². The SMILES string of the molecule is CN1C(=O)c2ncn(C)c2N(C)C1O. The number of hydrogen-bond donors (Lipinski definition) is 1. The molecule has 14 heavy (non-hydrogen) atoms. The highest BCUT2D eigenvalue weighted by molar-refractivity contribution is 5.98. The molecular formula is C8H12N4O2. The minimum absolute atomic E-state index is 0.258. The van der Waals surface area contributed by atoms with E-state index in [1.807, 2.05) is 0 Å². The van der Waals surface area contributed by atoms with Crippen molar-refractivity contribution in [1.29, 1.82) is 0 Å². The van der Waals surface area contributed by atoms with Gasteiger partial charge in [0.2, 0.25) is 6.35 Å². The molecule has 1 atom stereocenters. The maximum Gasteiger partial charge on any atom is 0.279 e. The highest BCUT2D eigenvalue weighted by Crippen LogP contribution is 2.26. The van der Waals surface area contributed by atoms with Crippen molar-refractivity contribution in [3.05, 3.63) is 12.0 Å². The lowest BCUT2D eigenvalue weighted by molar-refractivity contribution is 0.0154. The van der Waals surface area contributed by atoms with Gasteiger partial charge in [0.1, 0.15) is 5.82 Å². The van der Waals surface area contributed by atoms with Gasteiger partial charge in [-0.05, 0) is 0 Å². The van der Waals surface area contributed by atoms with Crippen LogP contribution in [-0.4, -0.2) is 45.9 Å². The van der Waals surface area contributed by atoms with E-state index in [0.29, 0.717) is 11.5 Å². The lowest BCUT2D eigenvalue weighted by atomic mass is 10.3. The number of hydrogen-bond acceptors (Lipinski definition) is 4. The summed E-state index contributed by atoms with van der Waals surface area (Å²) in [6.07, 6.45) is 0.635. The summed E-state index contributed by atoms with van der Waals surface area (Å²) in [4.78, 5) is 18.5. The molecule has 0 fully saturated rings. The molecule has 0 spiro atoms. The molecule has 1 aromatic heterocycles. The molecule has 0 aliphatic carbocycles. The average Bonchev–Trinajstić information content (AvgIpc) is 2.54. The molecule has 1 aliphatic rings. The van der Waals surface area contributed by atoms with Crippen molar-refractivity contribution < 1.29 is 9.90 Å². The van der Waals surface area contributed by atoms with Gasteiger partial charge < -0.3 is 14.6 Å². The zero-order valence-electron chi connectivity index (χ0n) is 8.30. The van der Waals surface area contributed by atoms with Crippen LogP contribution in [-0.2, 0) is 7.05 Å². The van der Waals surface area contributed by atoms with Crippen molar-refractivity contribution in [2.24, 2.45) is 7.05 Å². The minimum Gasteiger partial charge on any atom is -0.356 e. The molecule has 0 radical (unpaired) electrons. The molecule has 0 aromatic carbocycles. The zero-order chi connectivity index (χ0) is 10.5. The van der Waals surface area contributed by atoms with E-state index in [-0.39, 0.29) is 5.91 Å². The van der Waals surface area contributed by atoms with Crippen LogP contribution in [0.25, 0.3) is 0 Å². The number of aliphatic hydroxyl groups excluding tert-OH is 1. The lowest BCUT2D eigenvalue weighted by Gasteiger charge is -2.36. The number of carbonyl (C=O) groups excluding carboxylic acids is 1. The Kier molecular flexibility index (Phi) is 1.75. The number of aliphatic hydroxyl groups is 1. The molecule has 6 nitrogen and oxygen atoms in total. The fourth-order valence-electron chi connectivity index (χ4n) is 1.63. The summed E-state index contributed by atoms with van der Waals surface area (Å²) < 4.78 is 1.71. The van der Waals surface area contributed by atoms with E-state index in [2.05, 4.69) is 4.98 Å². The largest absolute Gasteiger partial charge is 0.356 e. The number of aryl methyl sites for hydroxylation is 1. The van der Waals surface area contributed by atoms with Crippen LogP contribution in [0.1, 0.15) is 10.5 Å². The molecular weight excluding hydrogens is 184 g/mol. The Morgan fingerprint density at radius 1 is 1.36 bits per heavy atom. The molecule has 6 heteroatoms. The van der Waals surface area contributed by atoms with Gasteiger partial charge in [0.25, 0.3) is 5.91 Å². The summed E-state index contributed by atoms with van der Waals surface area (Å²) in [5.74, 6) is 0.381. The molecule has 76 valence electrons. The monoisotopic (exact) mass is 196 g/mol. The summed E-state index contributed by atoms with van der Waals surface area (Å²) in [5, 5.41) is 9.70. The first-order chi connectivity index (χ1) is 6.54. The van der Waals surface area contributed by atoms with Crippen LogP contribution in [0.15, 0.2) is 6.33 Å². The minimum atomic E-state index is -0.926. The normalized spacial score (nSPS) is 21.4. The zero-order valence-corrected chi connectivity index (χ0v) is 8.30. The van der Waals surface area contributed by atoms with E-state index < -0.39 is 6.35 Å². The van der Waals surface area contributed by atoms with Crippen LogP contribution in [0.2, 0.25) is 0 Å². The third kappa shape index (κ3) is 0.941. The molecule has 2 heterocycles. The average molecular weight is 196 g/mol. The Hall–Kier alpha value is -1.56. The van der Waals surface area contributed by atoms with E-state index in [9.17, 15) is 9.90 Å². The highest BCUT2D eigenvalue weighted by Gasteiger charge is 2.35. The Morgan fingerprint density at radius 2 is 2.00 bits per heavy atom. The van der Waals surface area contributed by atoms with Crippen molar-refractivity contribution in [2.45, 2.75) is 6.35 Å². The topological polar surface area (TPSA) is 61.6 Å². The van der Waals surface area contributed by atoms with E-state index in [1.165, 1.54) is 4.90 Å². The van der Waals surface area contributed by atoms with Crippen LogP contribution >= 0.6 is 0 Å². The fourth-order valence-corrected chi connectivity index (χ4v) is 1.63. The highest BCUT2D eigenvalue weighted by atomic mass is 16.3. The number of aromatic nitrogens is 2. The van der Waals surface area contributed by atoms with E-state index >= 15 is 0 Å². The molecule has 0 saturated heterocycles. The molecule has 2 rings (SSSR count). The fraction of sp³-hybridized carbons (Fsp3) is 0.500. The van der Waals surface area contributed by atoms with E-state index in [0.717, 1.165) is 0 Å². The second-order valence-corrected chi connectivity index (χ2v) is 3.40. The van der Waals surface area contributed by atoms with Gasteiger partial charge >= 0.3 is 0 Å². The van der Waals surface area contributed by atoms with Crippen molar-refractivity contribution in [3.63, 3.8) is 0 Å². The van der Waals surface area contributed by atoms with Gasteiger partial charge in [-0.15, -0.1) is 0 Å². The Bertz CT molecular complexity index is 387. The van der Waals surface area contributed by atoms with Gasteiger partial charge in [0.15, 0.2) is 5.69 Å². The number of nitrogens with zero attached hydrogens (tertiary/aromatic N) is 4. The first-order valence-corrected chi connectivity index (χ1v) is 4.23. The third-order valence-corrected chi connectivity index (χ3v) is 2.46. The van der Waals surface area contributed by atoms with Crippen LogP contribution < -0.4 is 4.90 Å². The first-order valence-electron chi connectivity index (χ1n) is 4.23. The third-order valence-electron chi connectivity index (χ3n) is 2.46. The summed E-state index contributed by atoms with van der Waals surface area (Å²) in [6.45, 7) is 0. The van der Waals surface area contributed by atoms with Crippen molar-refractivity contribution in [2.75, 3.05) is 19.0 Å². The second kappa shape index (κ2) is 2.71. The van der Waals surface area contributed by atoms with Gasteiger partial charge in [-0.1, -0.05) is 0 Å². The molecule has 1 aliphatic heterocycles. The van der Waals surface area contributed by atoms with Crippen LogP contribution in [0, 0.1) is 0 Å². The van der Waals surface area contributed by atoms with Crippen molar-refractivity contribution >= 4 is 11.7 Å². The summed E-state index contributed by atoms with van der Waals surface area (Å²) in [5.41, 5.74) is 0.378. The lowest BCUT2D eigenvalue weighted by Crippen LogP contribution is -2.52. The quantitative estimate of drug-likeness (QED) is 0.591. The molecule has 0 bridgehead atoms. The van der Waals surface area contributed by atoms with Gasteiger partial charge in [-0.2, -0.15) is 0 Å². The van der Waals surface area contributed by atoms with Crippen LogP contribution in [0.5, 0.6) is 0 Å². The predicted octanol–water partition coefficient (Wildman–Crippen LogP) is -0.782. The van der Waals surface area contributed by atoms with Gasteiger partial charge in [-0.3, -0.25) is 9.69 Å². The standard InChI is InChI=1S/C8H12N4O2/c1-10-4-9-5-6(10)11(2)8(14)12(3)7(5)13/h4,8,14H,1-3H3. The number of anilines is 1. The summed E-state index contributed by atoms with van der Waals surface area (Å²) in [6, 6.07) is 0. The maximum absolute atomic E-state index is 11.6. The number of carbonyl (C=O) groups is 1. The maximum atomic E-state index is 11.6. The molecule has 1 amide bonds. The number of amides is 1. The van der Waals surface area contributed by atoms with Crippen LogP contribution in [0.3, 0.4) is 0 Å². The number of imidazole rings is 1. The molecule has 1 N–H and O–H groups in total. The Labute approximate surface area is 81.4 Å². The van der Waals surface area contributed by atoms with Gasteiger partial charge in [0, 0.05) is 21.1 Å². The number of rotatable bonds is 0. The molecule has 1 aromatic rings. The van der Waals surface area contributed by atoms with Gasteiger partial charge in [0.05, 0.1) is 6.33 Å². The van der Waals surface area contributed by atoms with E-state index in [4.69, 9.17) is 0 Å². The number of fused-ring (bicyclic) bond motifs is 1. The second-order valence-electron chi connectivity index (χ2n) is 3.40.